The number of rotatable bonds is 10. The van der Waals surface area contributed by atoms with Gasteiger partial charge in [0, 0.05) is 11.4 Å². The van der Waals surface area contributed by atoms with Gasteiger partial charge in [0.1, 0.15) is 0 Å². The van der Waals surface area contributed by atoms with Gasteiger partial charge in [0.25, 0.3) is 0 Å². The van der Waals surface area contributed by atoms with Gasteiger partial charge in [0.15, 0.2) is 0 Å². The molecule has 0 saturated heterocycles. The van der Waals surface area contributed by atoms with E-state index < -0.39 is 0 Å². The lowest BCUT2D eigenvalue weighted by Crippen LogP contribution is -2.02. The third-order valence-corrected chi connectivity index (χ3v) is 16.1. The number of aromatic nitrogens is 2. The first-order valence-electron chi connectivity index (χ1n) is 27.6. The first kappa shape index (κ1) is 46.7. The van der Waals surface area contributed by atoms with Gasteiger partial charge in [-0.3, -0.25) is 0 Å². The molecule has 0 fully saturated rings. The van der Waals surface area contributed by atoms with Crippen LogP contribution in [-0.2, 0) is 0 Å². The standard InChI is InChI=1S/C78H52N2/c1-7-23-53(24-8-1)67-47-59-35-19-21-37-61(59)49-69(67)77-65-41-39-64(80-75(57-31-15-5-16-32-57)45-46-76(80)58-33-17-6-18-34-58)52-72(65)78(70-50-62-38-22-20-36-60(62)48-68(70)54-25-9-2-10-26-54)66-42-40-63(51-71(66)77)79-73(55-27-11-3-12-28-55)43-44-74(79)56-29-13-4-14-30-56/h1-52H. The lowest BCUT2D eigenvalue weighted by atomic mass is 9.81. The Balaban J connectivity index is 1.14. The average molecular weight is 1020 g/mol. The predicted octanol–water partition coefficient (Wildman–Crippen LogP) is 21.2. The topological polar surface area (TPSA) is 9.86 Å². The molecule has 0 bridgehead atoms. The maximum Gasteiger partial charge on any atom is 0.0535 e. The van der Waals surface area contributed by atoms with Crippen molar-refractivity contribution in [2.45, 2.75) is 0 Å². The van der Waals surface area contributed by atoms with Crippen molar-refractivity contribution in [2.75, 3.05) is 0 Å². The highest BCUT2D eigenvalue weighted by Crippen LogP contribution is 2.51. The molecule has 0 saturated carbocycles. The highest BCUT2D eigenvalue weighted by atomic mass is 15.0. The minimum absolute atomic E-state index is 1.08. The summed E-state index contributed by atoms with van der Waals surface area (Å²) in [4.78, 5) is 0. The predicted molar refractivity (Wildman–Crippen MR) is 339 cm³/mol. The molecule has 374 valence electrons. The summed E-state index contributed by atoms with van der Waals surface area (Å²) in [6, 6.07) is 116. The molecule has 2 heterocycles. The zero-order valence-corrected chi connectivity index (χ0v) is 43.9. The van der Waals surface area contributed by atoms with Crippen LogP contribution in [0.5, 0.6) is 0 Å². The van der Waals surface area contributed by atoms with Crippen LogP contribution in [0.1, 0.15) is 0 Å². The zero-order chi connectivity index (χ0) is 52.9. The smallest absolute Gasteiger partial charge is 0.0535 e. The second-order valence-electron chi connectivity index (χ2n) is 20.8. The molecule has 0 N–H and O–H groups in total. The van der Waals surface area contributed by atoms with Gasteiger partial charge in [-0.1, -0.05) is 243 Å². The van der Waals surface area contributed by atoms with Gasteiger partial charge in [-0.05, 0) is 183 Å². The highest BCUT2D eigenvalue weighted by Gasteiger charge is 2.25. The normalized spacial score (nSPS) is 11.5. The molecule has 0 aliphatic carbocycles. The van der Waals surface area contributed by atoms with E-state index in [4.69, 9.17) is 0 Å². The third-order valence-electron chi connectivity index (χ3n) is 16.1. The fourth-order valence-corrected chi connectivity index (χ4v) is 12.4. The quantitative estimate of drug-likeness (QED) is 0.121. The molecule has 15 aromatic rings. The van der Waals surface area contributed by atoms with Crippen molar-refractivity contribution >= 4 is 43.1 Å². The number of fused-ring (bicyclic) bond motifs is 4. The Morgan fingerprint density at radius 3 is 0.713 bits per heavy atom. The van der Waals surface area contributed by atoms with Crippen molar-refractivity contribution in [1.29, 1.82) is 0 Å². The molecule has 13 aromatic carbocycles. The van der Waals surface area contributed by atoms with Crippen LogP contribution in [0.2, 0.25) is 0 Å². The Labute approximate surface area is 466 Å². The van der Waals surface area contributed by atoms with E-state index in [1.54, 1.807) is 0 Å². The van der Waals surface area contributed by atoms with Crippen molar-refractivity contribution in [2.24, 2.45) is 0 Å². The van der Waals surface area contributed by atoms with Gasteiger partial charge in [-0.15, -0.1) is 0 Å². The molecule has 80 heavy (non-hydrogen) atoms. The SMILES string of the molecule is c1ccc(-c2cc3ccccc3cc2-c2c3ccc(-n4c(-c5ccccc5)ccc4-c4ccccc4)cc3c(-c3cc4ccccc4cc3-c3ccccc3)c3ccc(-n4c(-c5ccccc5)ccc4-c4ccccc4)cc23)cc1. The number of hydrogen-bond acceptors (Lipinski definition) is 0. The maximum atomic E-state index is 2.49. The first-order valence-corrected chi connectivity index (χ1v) is 27.6. The van der Waals surface area contributed by atoms with Crippen LogP contribution in [0.25, 0.3) is 144 Å². The van der Waals surface area contributed by atoms with Crippen LogP contribution < -0.4 is 0 Å². The Morgan fingerprint density at radius 1 is 0.175 bits per heavy atom. The Kier molecular flexibility index (Phi) is 11.6. The Bertz CT molecular complexity index is 4350. The molecule has 0 atom stereocenters. The Morgan fingerprint density at radius 2 is 0.425 bits per heavy atom. The summed E-state index contributed by atoms with van der Waals surface area (Å²) in [5, 5.41) is 9.46. The molecule has 2 heteroatoms. The van der Waals surface area contributed by atoms with Gasteiger partial charge in [0.2, 0.25) is 0 Å². The molecule has 2 nitrogen and oxygen atoms in total. The third kappa shape index (κ3) is 8.13. The molecular formula is C78H52N2. The van der Waals surface area contributed by atoms with Gasteiger partial charge in [0.05, 0.1) is 22.8 Å². The molecule has 15 rings (SSSR count). The number of hydrogen-bond donors (Lipinski definition) is 0. The van der Waals surface area contributed by atoms with Crippen LogP contribution in [0.4, 0.5) is 0 Å². The van der Waals surface area contributed by atoms with Crippen LogP contribution in [0.15, 0.2) is 315 Å². The summed E-state index contributed by atoms with van der Waals surface area (Å²) in [5.41, 5.74) is 20.7. The number of benzene rings is 13. The average Bonchev–Trinajstić information content (AvgIpc) is 4.28. The fraction of sp³-hybridized carbons (Fsp3) is 0. The minimum Gasteiger partial charge on any atom is -0.309 e. The van der Waals surface area contributed by atoms with Gasteiger partial charge >= 0.3 is 0 Å². The minimum atomic E-state index is 1.08. The van der Waals surface area contributed by atoms with Crippen molar-refractivity contribution in [1.82, 2.24) is 9.13 Å². The summed E-state index contributed by atoms with van der Waals surface area (Å²) < 4.78 is 4.93. The monoisotopic (exact) mass is 1020 g/mol. The number of nitrogens with zero attached hydrogens (tertiary/aromatic N) is 2. The Hall–Kier alpha value is -10.5. The van der Waals surface area contributed by atoms with Gasteiger partial charge in [-0.2, -0.15) is 0 Å². The molecule has 2 aromatic heterocycles. The molecule has 0 amide bonds. The second-order valence-corrected chi connectivity index (χ2v) is 20.8. The van der Waals surface area contributed by atoms with Crippen molar-refractivity contribution in [3.8, 4) is 101 Å². The van der Waals surface area contributed by atoms with Crippen LogP contribution in [-0.4, -0.2) is 9.13 Å². The summed E-state index contributed by atoms with van der Waals surface area (Å²) in [6.07, 6.45) is 0. The van der Waals surface area contributed by atoms with Crippen molar-refractivity contribution < 1.29 is 0 Å². The van der Waals surface area contributed by atoms with E-state index in [1.165, 1.54) is 87.6 Å². The highest BCUT2D eigenvalue weighted by molar-refractivity contribution is 6.25. The van der Waals surface area contributed by atoms with Crippen molar-refractivity contribution in [3.05, 3.63) is 315 Å². The first-order chi connectivity index (χ1) is 39.7. The van der Waals surface area contributed by atoms with E-state index in [-0.39, 0.29) is 0 Å². The van der Waals surface area contributed by atoms with E-state index in [2.05, 4.69) is 325 Å². The van der Waals surface area contributed by atoms with Crippen molar-refractivity contribution in [3.63, 3.8) is 0 Å². The van der Waals surface area contributed by atoms with E-state index in [0.29, 0.717) is 0 Å². The molecule has 0 aliphatic heterocycles. The second kappa shape index (κ2) is 19.8. The molecular weight excluding hydrogens is 965 g/mol. The van der Waals surface area contributed by atoms with Gasteiger partial charge < -0.3 is 9.13 Å². The van der Waals surface area contributed by atoms with Crippen LogP contribution in [0, 0.1) is 0 Å². The fourth-order valence-electron chi connectivity index (χ4n) is 12.4. The van der Waals surface area contributed by atoms with E-state index >= 15 is 0 Å². The molecule has 0 unspecified atom stereocenters. The molecule has 0 spiro atoms. The summed E-state index contributed by atoms with van der Waals surface area (Å²) in [6.45, 7) is 0. The lowest BCUT2D eigenvalue weighted by Gasteiger charge is -2.24. The van der Waals surface area contributed by atoms with E-state index in [9.17, 15) is 0 Å². The zero-order valence-electron chi connectivity index (χ0n) is 43.9. The molecule has 0 aliphatic rings. The summed E-state index contributed by atoms with van der Waals surface area (Å²) in [5.74, 6) is 0. The maximum absolute atomic E-state index is 2.49. The van der Waals surface area contributed by atoms with Crippen LogP contribution >= 0.6 is 0 Å². The van der Waals surface area contributed by atoms with Crippen LogP contribution in [0.3, 0.4) is 0 Å². The molecule has 0 radical (unpaired) electrons. The van der Waals surface area contributed by atoms with Gasteiger partial charge in [-0.25, -0.2) is 0 Å². The lowest BCUT2D eigenvalue weighted by molar-refractivity contribution is 1.10. The summed E-state index contributed by atoms with van der Waals surface area (Å²) in [7, 11) is 0. The summed E-state index contributed by atoms with van der Waals surface area (Å²) >= 11 is 0. The van der Waals surface area contributed by atoms with E-state index in [1.807, 2.05) is 0 Å². The van der Waals surface area contributed by atoms with E-state index in [0.717, 1.165) is 56.4 Å². The largest absolute Gasteiger partial charge is 0.309 e.